The first-order valence-electron chi connectivity index (χ1n) is 15.5. The molecule has 0 unspecified atom stereocenters. The fraction of sp³-hybridized carbons (Fsp3) is 0.812. The Morgan fingerprint density at radius 1 is 0.974 bits per heavy atom. The topological polar surface area (TPSA) is 72.9 Å². The molecule has 5 rings (SSSR count). The van der Waals surface area contributed by atoms with Gasteiger partial charge in [-0.1, -0.05) is 45.0 Å². The third-order valence-corrected chi connectivity index (χ3v) is 11.9. The smallest absolute Gasteiger partial charge is 0.307 e. The minimum Gasteiger partial charge on any atom is -0.457 e. The van der Waals surface area contributed by atoms with Crippen molar-refractivity contribution in [2.75, 3.05) is 26.2 Å². The lowest BCUT2D eigenvalue weighted by Crippen LogP contribution is -2.60. The minimum atomic E-state index is -1.21. The highest BCUT2D eigenvalue weighted by atomic mass is 32.1. The van der Waals surface area contributed by atoms with Crippen LogP contribution in [0.2, 0.25) is 0 Å². The number of ketones is 1. The van der Waals surface area contributed by atoms with E-state index in [1.807, 2.05) is 0 Å². The second-order valence-corrected chi connectivity index (χ2v) is 13.9. The van der Waals surface area contributed by atoms with Crippen molar-refractivity contribution in [3.8, 4) is 0 Å². The number of likely N-dealkylation sites (tertiary alicyclic amines) is 1. The summed E-state index contributed by atoms with van der Waals surface area (Å²) in [4.78, 5) is 42.7. The second-order valence-electron chi connectivity index (χ2n) is 13.4. The summed E-state index contributed by atoms with van der Waals surface area (Å²) in [5.41, 5.74) is 0.0373. The predicted molar refractivity (Wildman–Crippen MR) is 154 cm³/mol. The molecule has 4 fully saturated rings. The van der Waals surface area contributed by atoms with Crippen LogP contribution in [0.15, 0.2) is 11.6 Å². The first-order chi connectivity index (χ1) is 18.6. The van der Waals surface area contributed by atoms with Crippen molar-refractivity contribution in [1.29, 1.82) is 0 Å². The second kappa shape index (κ2) is 11.3. The van der Waals surface area contributed by atoms with Crippen molar-refractivity contribution >= 4 is 34.8 Å². The highest BCUT2D eigenvalue weighted by Gasteiger charge is 2.68. The number of thiocarbonyl (C=S) groups is 1. The van der Waals surface area contributed by atoms with Gasteiger partial charge in [0.05, 0.1) is 6.42 Å². The molecule has 6 atom stereocenters. The number of Topliss-reactive ketones (excluding diaryl/α,β-unsaturated/α-hetero) is 1. The number of carbonyl (C=O) groups excluding carboxylic acids is 3. The standard InChI is InChI=1S/C32H47NO5S/c1-4-28(35)38-32(27(34)21-37-29(36)13-19-33-17-6-5-7-18-33)16-12-26-24-9-8-22-20-23(39)10-14-30(22,2)25(24)11-15-31(26,32)3/h20,24-26H,4-19,21H2,1-3H3/t24-,25+,26+,30+,31+,32+/m1/s1. The van der Waals surface area contributed by atoms with Gasteiger partial charge in [-0.15, -0.1) is 0 Å². The number of ether oxygens (including phenoxy) is 2. The van der Waals surface area contributed by atoms with Crippen LogP contribution in [0.4, 0.5) is 0 Å². The van der Waals surface area contributed by atoms with Crippen LogP contribution >= 0.6 is 12.2 Å². The number of rotatable bonds is 8. The quantitative estimate of drug-likeness (QED) is 0.268. The maximum atomic E-state index is 14.0. The number of carbonyl (C=O) groups is 3. The van der Waals surface area contributed by atoms with Crippen LogP contribution in [-0.2, 0) is 23.9 Å². The molecule has 1 aliphatic heterocycles. The molecule has 0 spiro atoms. The Kier molecular flexibility index (Phi) is 8.41. The Morgan fingerprint density at radius 3 is 2.46 bits per heavy atom. The van der Waals surface area contributed by atoms with E-state index >= 15 is 0 Å². The Bertz CT molecular complexity index is 1030. The Balaban J connectivity index is 1.31. The van der Waals surface area contributed by atoms with Crippen molar-refractivity contribution in [2.24, 2.45) is 28.6 Å². The van der Waals surface area contributed by atoms with Gasteiger partial charge in [0.2, 0.25) is 5.78 Å². The van der Waals surface area contributed by atoms with E-state index in [1.54, 1.807) is 6.92 Å². The molecule has 0 N–H and O–H groups in total. The van der Waals surface area contributed by atoms with Gasteiger partial charge >= 0.3 is 11.9 Å². The normalized spacial score (nSPS) is 38.2. The Hall–Kier alpha value is -1.60. The summed E-state index contributed by atoms with van der Waals surface area (Å²) in [6, 6.07) is 0. The molecule has 5 aliphatic rings. The maximum absolute atomic E-state index is 14.0. The lowest BCUT2D eigenvalue weighted by atomic mass is 9.46. The molecule has 3 saturated carbocycles. The highest BCUT2D eigenvalue weighted by Crippen LogP contribution is 2.68. The van der Waals surface area contributed by atoms with Crippen LogP contribution in [0.1, 0.15) is 104 Å². The number of fused-ring (bicyclic) bond motifs is 5. The number of allylic oxidation sites excluding steroid dienone is 2. The summed E-state index contributed by atoms with van der Waals surface area (Å²) in [6.07, 6.45) is 13.9. The van der Waals surface area contributed by atoms with Crippen molar-refractivity contribution < 1.29 is 23.9 Å². The van der Waals surface area contributed by atoms with E-state index in [1.165, 1.54) is 24.8 Å². The molecule has 216 valence electrons. The lowest BCUT2D eigenvalue weighted by Gasteiger charge is -2.59. The van der Waals surface area contributed by atoms with E-state index < -0.39 is 11.0 Å². The zero-order valence-corrected chi connectivity index (χ0v) is 25.0. The summed E-state index contributed by atoms with van der Waals surface area (Å²) in [6.45, 7) is 8.80. The molecule has 0 radical (unpaired) electrons. The largest absolute Gasteiger partial charge is 0.457 e. The number of nitrogens with zero attached hydrogens (tertiary/aromatic N) is 1. The SMILES string of the molecule is CCC(=O)O[C@]1(C(=O)COC(=O)CCN2CCCCC2)CC[C@H]2[C@@H]3CCC4=CC(=S)CC[C@]4(C)[C@H]3CC[C@@]21C. The number of hydrogen-bond acceptors (Lipinski definition) is 7. The molecule has 1 heterocycles. The van der Waals surface area contributed by atoms with Gasteiger partial charge in [-0.25, -0.2) is 0 Å². The summed E-state index contributed by atoms with van der Waals surface area (Å²) in [5, 5.41) is 0. The van der Waals surface area contributed by atoms with Crippen molar-refractivity contribution in [1.82, 2.24) is 4.90 Å². The van der Waals surface area contributed by atoms with E-state index in [4.69, 9.17) is 21.7 Å². The lowest BCUT2D eigenvalue weighted by molar-refractivity contribution is -0.192. The van der Waals surface area contributed by atoms with Crippen molar-refractivity contribution in [3.05, 3.63) is 11.6 Å². The Morgan fingerprint density at radius 2 is 1.72 bits per heavy atom. The minimum absolute atomic E-state index is 0.172. The van der Waals surface area contributed by atoms with Gasteiger partial charge in [0.15, 0.2) is 12.2 Å². The van der Waals surface area contributed by atoms with Crippen LogP contribution in [0.5, 0.6) is 0 Å². The molecular weight excluding hydrogens is 510 g/mol. The number of esters is 2. The summed E-state index contributed by atoms with van der Waals surface area (Å²) >= 11 is 5.57. The van der Waals surface area contributed by atoms with Gasteiger partial charge in [-0.3, -0.25) is 14.4 Å². The van der Waals surface area contributed by atoms with Gasteiger partial charge in [0.1, 0.15) is 0 Å². The van der Waals surface area contributed by atoms with Gasteiger partial charge in [0, 0.05) is 23.2 Å². The molecule has 7 heteroatoms. The molecule has 0 aromatic carbocycles. The molecule has 4 aliphatic carbocycles. The fourth-order valence-electron chi connectivity index (χ4n) is 9.27. The summed E-state index contributed by atoms with van der Waals surface area (Å²) in [7, 11) is 0. The first-order valence-corrected chi connectivity index (χ1v) is 15.9. The molecule has 39 heavy (non-hydrogen) atoms. The molecule has 0 amide bonds. The van der Waals surface area contributed by atoms with Crippen LogP contribution in [0, 0.1) is 28.6 Å². The molecule has 0 bridgehead atoms. The highest BCUT2D eigenvalue weighted by molar-refractivity contribution is 7.80. The molecule has 6 nitrogen and oxygen atoms in total. The molecular formula is C32H47NO5S. The third kappa shape index (κ3) is 5.16. The predicted octanol–water partition coefficient (Wildman–Crippen LogP) is 6.00. The van der Waals surface area contributed by atoms with Crippen LogP contribution in [0.3, 0.4) is 0 Å². The van der Waals surface area contributed by atoms with Gasteiger partial charge in [0.25, 0.3) is 0 Å². The zero-order valence-electron chi connectivity index (χ0n) is 24.2. The zero-order chi connectivity index (χ0) is 27.8. The first kappa shape index (κ1) is 28.9. The van der Waals surface area contributed by atoms with E-state index in [0.717, 1.165) is 62.9 Å². The average Bonchev–Trinajstić information content (AvgIpc) is 3.24. The van der Waals surface area contributed by atoms with E-state index in [2.05, 4.69) is 24.8 Å². The Labute approximate surface area is 239 Å². The van der Waals surface area contributed by atoms with E-state index in [0.29, 0.717) is 30.7 Å². The average molecular weight is 558 g/mol. The summed E-state index contributed by atoms with van der Waals surface area (Å²) < 4.78 is 11.7. The van der Waals surface area contributed by atoms with Crippen LogP contribution in [-0.4, -0.2) is 59.3 Å². The van der Waals surface area contributed by atoms with Gasteiger partial charge in [-0.2, -0.15) is 0 Å². The van der Waals surface area contributed by atoms with E-state index in [9.17, 15) is 14.4 Å². The number of hydrogen-bond donors (Lipinski definition) is 0. The summed E-state index contributed by atoms with van der Waals surface area (Å²) in [5.74, 6) is 0.463. The van der Waals surface area contributed by atoms with Crippen molar-refractivity contribution in [2.45, 2.75) is 110 Å². The number of piperidine rings is 1. The van der Waals surface area contributed by atoms with E-state index in [-0.39, 0.29) is 42.6 Å². The van der Waals surface area contributed by atoms with Gasteiger partial charge < -0.3 is 14.4 Å². The molecule has 0 aromatic rings. The maximum Gasteiger partial charge on any atom is 0.307 e. The third-order valence-electron chi connectivity index (χ3n) is 11.6. The fourth-order valence-corrected chi connectivity index (χ4v) is 9.52. The molecule has 0 aromatic heterocycles. The van der Waals surface area contributed by atoms with Crippen molar-refractivity contribution in [3.63, 3.8) is 0 Å². The monoisotopic (exact) mass is 557 g/mol. The molecule has 1 saturated heterocycles. The van der Waals surface area contributed by atoms with Gasteiger partial charge in [-0.05, 0) is 107 Å². The van der Waals surface area contributed by atoms with Crippen LogP contribution in [0.25, 0.3) is 0 Å². The van der Waals surface area contributed by atoms with Crippen LogP contribution < -0.4 is 0 Å².